The van der Waals surface area contributed by atoms with Gasteiger partial charge in [0.15, 0.2) is 0 Å². The topological polar surface area (TPSA) is 38.3 Å². The van der Waals surface area contributed by atoms with Crippen LogP contribution in [0.25, 0.3) is 0 Å². The Morgan fingerprint density at radius 3 is 3.22 bits per heavy atom. The van der Waals surface area contributed by atoms with Gasteiger partial charge in [-0.3, -0.25) is 4.84 Å². The fourth-order valence-electron chi connectivity index (χ4n) is 0.911. The molecule has 52 valence electrons. The summed E-state index contributed by atoms with van der Waals surface area (Å²) in [6.07, 6.45) is 3.66. The first-order valence-corrected chi connectivity index (χ1v) is 3.25. The molecule has 1 atom stereocenters. The van der Waals surface area contributed by atoms with Crippen LogP contribution in [-0.4, -0.2) is 18.9 Å². The van der Waals surface area contributed by atoms with Crippen molar-refractivity contribution in [3.8, 4) is 0 Å². The molecule has 1 aliphatic rings. The summed E-state index contributed by atoms with van der Waals surface area (Å²) in [6, 6.07) is 0. The molecule has 0 radical (unpaired) electrons. The Balaban J connectivity index is 2.15. The molecular weight excluding hydrogens is 118 g/mol. The number of hydroxylamine groups is 1. The number of carbonyl (C=O) groups is 1. The first-order chi connectivity index (χ1) is 4.43. The van der Waals surface area contributed by atoms with Crippen LogP contribution in [0.5, 0.6) is 0 Å². The standard InChI is InChI=1S/C6H11NO2/c8-5-3-6-2-1-4-7-9-6/h5-7H,1-4H2. The van der Waals surface area contributed by atoms with E-state index in [2.05, 4.69) is 5.48 Å². The quantitative estimate of drug-likeness (QED) is 0.543. The second-order valence-corrected chi connectivity index (χ2v) is 2.18. The van der Waals surface area contributed by atoms with Crippen LogP contribution in [0.2, 0.25) is 0 Å². The molecule has 0 saturated carbocycles. The Morgan fingerprint density at radius 2 is 2.67 bits per heavy atom. The molecule has 1 fully saturated rings. The minimum atomic E-state index is 0.122. The van der Waals surface area contributed by atoms with Crippen molar-refractivity contribution in [2.24, 2.45) is 0 Å². The van der Waals surface area contributed by atoms with Gasteiger partial charge in [0.05, 0.1) is 6.10 Å². The first-order valence-electron chi connectivity index (χ1n) is 3.25. The number of aldehydes is 1. The number of nitrogens with one attached hydrogen (secondary N) is 1. The fraction of sp³-hybridized carbons (Fsp3) is 0.833. The Hall–Kier alpha value is -0.410. The third-order valence-corrected chi connectivity index (χ3v) is 1.41. The molecule has 0 spiro atoms. The largest absolute Gasteiger partial charge is 0.303 e. The molecule has 0 aromatic heterocycles. The molecule has 1 saturated heterocycles. The van der Waals surface area contributed by atoms with Gasteiger partial charge in [0.2, 0.25) is 0 Å². The molecule has 3 heteroatoms. The van der Waals surface area contributed by atoms with E-state index in [-0.39, 0.29) is 6.10 Å². The van der Waals surface area contributed by atoms with E-state index < -0.39 is 0 Å². The maximum Gasteiger partial charge on any atom is 0.122 e. The minimum absolute atomic E-state index is 0.122. The SMILES string of the molecule is O=CCC1CCCNO1. The normalized spacial score (nSPS) is 27.8. The zero-order valence-electron chi connectivity index (χ0n) is 5.30. The van der Waals surface area contributed by atoms with E-state index in [0.717, 1.165) is 25.7 Å². The van der Waals surface area contributed by atoms with Crippen molar-refractivity contribution in [1.82, 2.24) is 5.48 Å². The van der Waals surface area contributed by atoms with Crippen molar-refractivity contribution in [2.75, 3.05) is 6.54 Å². The van der Waals surface area contributed by atoms with Gasteiger partial charge in [-0.05, 0) is 12.8 Å². The van der Waals surface area contributed by atoms with Crippen molar-refractivity contribution in [3.63, 3.8) is 0 Å². The Kier molecular flexibility index (Phi) is 2.67. The zero-order chi connectivity index (χ0) is 6.53. The summed E-state index contributed by atoms with van der Waals surface area (Å²) in [6.45, 7) is 0.912. The molecule has 1 aliphatic heterocycles. The molecule has 0 amide bonds. The van der Waals surface area contributed by atoms with E-state index in [1.54, 1.807) is 0 Å². The molecule has 1 heterocycles. The van der Waals surface area contributed by atoms with Crippen molar-refractivity contribution < 1.29 is 9.63 Å². The highest BCUT2D eigenvalue weighted by Gasteiger charge is 2.11. The van der Waals surface area contributed by atoms with Crippen LogP contribution in [0.4, 0.5) is 0 Å². The predicted octanol–water partition coefficient (Wildman–Crippen LogP) is 0.259. The summed E-state index contributed by atoms with van der Waals surface area (Å²) in [5.74, 6) is 0. The summed E-state index contributed by atoms with van der Waals surface area (Å²) in [4.78, 5) is 15.0. The van der Waals surface area contributed by atoms with Gasteiger partial charge < -0.3 is 4.79 Å². The first kappa shape index (κ1) is 6.71. The van der Waals surface area contributed by atoms with E-state index in [0.29, 0.717) is 6.42 Å². The Morgan fingerprint density at radius 1 is 1.78 bits per heavy atom. The van der Waals surface area contributed by atoms with Gasteiger partial charge in [-0.2, -0.15) is 0 Å². The van der Waals surface area contributed by atoms with Gasteiger partial charge in [-0.1, -0.05) is 0 Å². The van der Waals surface area contributed by atoms with Gasteiger partial charge in [-0.15, -0.1) is 0 Å². The van der Waals surface area contributed by atoms with Gasteiger partial charge in [-0.25, -0.2) is 5.48 Å². The zero-order valence-corrected chi connectivity index (χ0v) is 5.30. The average Bonchev–Trinajstić information content (AvgIpc) is 1.91. The van der Waals surface area contributed by atoms with Crippen LogP contribution >= 0.6 is 0 Å². The smallest absolute Gasteiger partial charge is 0.122 e. The van der Waals surface area contributed by atoms with Crippen molar-refractivity contribution in [3.05, 3.63) is 0 Å². The van der Waals surface area contributed by atoms with Crippen LogP contribution in [-0.2, 0) is 9.63 Å². The fourth-order valence-corrected chi connectivity index (χ4v) is 0.911. The van der Waals surface area contributed by atoms with E-state index in [1.165, 1.54) is 0 Å². The lowest BCUT2D eigenvalue weighted by atomic mass is 10.1. The lowest BCUT2D eigenvalue weighted by Crippen LogP contribution is -2.31. The number of carbonyl (C=O) groups excluding carboxylic acids is 1. The molecule has 1 unspecified atom stereocenters. The number of hydrogen-bond acceptors (Lipinski definition) is 3. The Bertz CT molecular complexity index is 89.1. The van der Waals surface area contributed by atoms with Crippen LogP contribution in [0.15, 0.2) is 0 Å². The second-order valence-electron chi connectivity index (χ2n) is 2.18. The average molecular weight is 129 g/mol. The summed E-state index contributed by atoms with van der Waals surface area (Å²) in [5, 5.41) is 0. The van der Waals surface area contributed by atoms with Gasteiger partial charge in [0.25, 0.3) is 0 Å². The summed E-state index contributed by atoms with van der Waals surface area (Å²) in [7, 11) is 0. The maximum absolute atomic E-state index is 9.97. The van der Waals surface area contributed by atoms with E-state index >= 15 is 0 Å². The molecule has 0 bridgehead atoms. The second kappa shape index (κ2) is 3.58. The highest BCUT2D eigenvalue weighted by Crippen LogP contribution is 2.07. The molecule has 1 N–H and O–H groups in total. The van der Waals surface area contributed by atoms with E-state index in [9.17, 15) is 4.79 Å². The molecule has 0 aromatic carbocycles. The van der Waals surface area contributed by atoms with Crippen LogP contribution in [0.3, 0.4) is 0 Å². The van der Waals surface area contributed by atoms with Crippen LogP contribution in [0, 0.1) is 0 Å². The van der Waals surface area contributed by atoms with Gasteiger partial charge in [0, 0.05) is 13.0 Å². The Labute approximate surface area is 54.3 Å². The molecule has 0 aromatic rings. The summed E-state index contributed by atoms with van der Waals surface area (Å²) in [5.41, 5.74) is 2.76. The lowest BCUT2D eigenvalue weighted by Gasteiger charge is -2.20. The monoisotopic (exact) mass is 129 g/mol. The van der Waals surface area contributed by atoms with Crippen molar-refractivity contribution in [2.45, 2.75) is 25.4 Å². The van der Waals surface area contributed by atoms with Crippen LogP contribution in [0.1, 0.15) is 19.3 Å². The third-order valence-electron chi connectivity index (χ3n) is 1.41. The van der Waals surface area contributed by atoms with Crippen molar-refractivity contribution in [1.29, 1.82) is 0 Å². The molecule has 0 aliphatic carbocycles. The molecular formula is C6H11NO2. The number of hydrogen-bond donors (Lipinski definition) is 1. The molecule has 3 nitrogen and oxygen atoms in total. The summed E-state index contributed by atoms with van der Waals surface area (Å²) < 4.78 is 0. The molecule has 1 rings (SSSR count). The van der Waals surface area contributed by atoms with Gasteiger partial charge >= 0.3 is 0 Å². The van der Waals surface area contributed by atoms with E-state index in [1.807, 2.05) is 0 Å². The minimum Gasteiger partial charge on any atom is -0.303 e. The number of rotatable bonds is 2. The predicted molar refractivity (Wildman–Crippen MR) is 32.8 cm³/mol. The molecule has 9 heavy (non-hydrogen) atoms. The highest BCUT2D eigenvalue weighted by molar-refractivity contribution is 5.50. The van der Waals surface area contributed by atoms with E-state index in [4.69, 9.17) is 4.84 Å². The maximum atomic E-state index is 9.97. The lowest BCUT2D eigenvalue weighted by molar-refractivity contribution is -0.114. The summed E-state index contributed by atoms with van der Waals surface area (Å²) >= 11 is 0. The van der Waals surface area contributed by atoms with Gasteiger partial charge in [0.1, 0.15) is 6.29 Å². The van der Waals surface area contributed by atoms with Crippen LogP contribution < -0.4 is 5.48 Å². The highest BCUT2D eigenvalue weighted by atomic mass is 16.7. The van der Waals surface area contributed by atoms with Crippen molar-refractivity contribution >= 4 is 6.29 Å². The third kappa shape index (κ3) is 2.11.